The Morgan fingerprint density at radius 2 is 2.07 bits per heavy atom. The summed E-state index contributed by atoms with van der Waals surface area (Å²) in [5, 5.41) is 0. The lowest BCUT2D eigenvalue weighted by molar-refractivity contribution is -0.119. The molecule has 0 bridgehead atoms. The second-order valence-corrected chi connectivity index (χ2v) is 3.54. The van der Waals surface area contributed by atoms with E-state index in [1.165, 1.54) is 6.26 Å². The highest BCUT2D eigenvalue weighted by atomic mass is 16.3. The number of carbonyl (C=O) groups excluding carboxylic acids is 2. The van der Waals surface area contributed by atoms with Gasteiger partial charge in [0, 0.05) is 19.3 Å². The number of rotatable bonds is 7. The molecular weight excluding hydrogens is 192 g/mol. The molecule has 1 aromatic rings. The van der Waals surface area contributed by atoms with E-state index < -0.39 is 0 Å². The van der Waals surface area contributed by atoms with E-state index in [-0.39, 0.29) is 18.0 Å². The van der Waals surface area contributed by atoms with Gasteiger partial charge in [0.25, 0.3) is 0 Å². The summed E-state index contributed by atoms with van der Waals surface area (Å²) in [6, 6.07) is 3.30. The van der Waals surface area contributed by atoms with Crippen molar-refractivity contribution < 1.29 is 14.0 Å². The number of unbranched alkanes of at least 4 members (excludes halogenated alkanes) is 1. The Morgan fingerprint density at radius 1 is 1.27 bits per heavy atom. The molecule has 0 aromatic carbocycles. The number of ketones is 2. The smallest absolute Gasteiger partial charge is 0.198 e. The fraction of sp³-hybridized carbons (Fsp3) is 0.500. The number of furan rings is 1. The van der Waals surface area contributed by atoms with Crippen molar-refractivity contribution in [3.63, 3.8) is 0 Å². The molecule has 0 saturated carbocycles. The first-order valence-corrected chi connectivity index (χ1v) is 5.32. The van der Waals surface area contributed by atoms with Crippen molar-refractivity contribution in [2.24, 2.45) is 0 Å². The molecule has 0 spiro atoms. The Hall–Kier alpha value is -1.38. The maximum absolute atomic E-state index is 11.4. The van der Waals surface area contributed by atoms with Crippen molar-refractivity contribution in [3.05, 3.63) is 24.2 Å². The van der Waals surface area contributed by atoms with Crippen LogP contribution in [0.4, 0.5) is 0 Å². The molecule has 0 amide bonds. The standard InChI is InChI=1S/C12H16O3/c1-2-3-5-10(13)7-8-11(14)12-6-4-9-15-12/h4,6,9H,2-3,5,7-8H2,1H3. The van der Waals surface area contributed by atoms with Crippen LogP contribution < -0.4 is 0 Å². The maximum atomic E-state index is 11.4. The lowest BCUT2D eigenvalue weighted by Gasteiger charge is -1.98. The third-order valence-electron chi connectivity index (χ3n) is 2.24. The zero-order valence-corrected chi connectivity index (χ0v) is 8.99. The zero-order chi connectivity index (χ0) is 11.1. The van der Waals surface area contributed by atoms with E-state index in [1.54, 1.807) is 12.1 Å². The van der Waals surface area contributed by atoms with E-state index in [4.69, 9.17) is 4.42 Å². The molecule has 0 aliphatic heterocycles. The molecule has 0 unspecified atom stereocenters. The Labute approximate surface area is 89.5 Å². The molecule has 15 heavy (non-hydrogen) atoms. The van der Waals surface area contributed by atoms with Crippen LogP contribution in [0.2, 0.25) is 0 Å². The summed E-state index contributed by atoms with van der Waals surface area (Å²) < 4.78 is 4.95. The van der Waals surface area contributed by atoms with Crippen molar-refractivity contribution in [1.29, 1.82) is 0 Å². The topological polar surface area (TPSA) is 47.3 Å². The molecule has 3 nitrogen and oxygen atoms in total. The molecule has 0 saturated heterocycles. The molecule has 1 rings (SSSR count). The van der Waals surface area contributed by atoms with Gasteiger partial charge in [-0.3, -0.25) is 9.59 Å². The summed E-state index contributed by atoms with van der Waals surface area (Å²) in [6.45, 7) is 2.04. The van der Waals surface area contributed by atoms with Gasteiger partial charge in [-0.15, -0.1) is 0 Å². The van der Waals surface area contributed by atoms with Crippen LogP contribution in [0.5, 0.6) is 0 Å². The summed E-state index contributed by atoms with van der Waals surface area (Å²) in [5.74, 6) is 0.417. The average molecular weight is 208 g/mol. The first-order chi connectivity index (χ1) is 7.24. The number of Topliss-reactive ketones (excluding diaryl/α,β-unsaturated/α-hetero) is 2. The molecule has 1 aromatic heterocycles. The predicted molar refractivity (Wildman–Crippen MR) is 56.8 cm³/mol. The second kappa shape index (κ2) is 6.17. The third kappa shape index (κ3) is 4.11. The maximum Gasteiger partial charge on any atom is 0.198 e. The minimum atomic E-state index is -0.0927. The third-order valence-corrected chi connectivity index (χ3v) is 2.24. The average Bonchev–Trinajstić information content (AvgIpc) is 2.76. The normalized spacial score (nSPS) is 10.2. The van der Waals surface area contributed by atoms with Gasteiger partial charge in [-0.05, 0) is 18.6 Å². The molecule has 0 aliphatic rings. The summed E-state index contributed by atoms with van der Waals surface area (Å²) in [7, 11) is 0. The van der Waals surface area contributed by atoms with E-state index >= 15 is 0 Å². The van der Waals surface area contributed by atoms with E-state index in [0.717, 1.165) is 12.8 Å². The molecular formula is C12H16O3. The van der Waals surface area contributed by atoms with Crippen LogP contribution >= 0.6 is 0 Å². The van der Waals surface area contributed by atoms with Crippen LogP contribution in [0.3, 0.4) is 0 Å². The summed E-state index contributed by atoms with van der Waals surface area (Å²) in [4.78, 5) is 22.7. The van der Waals surface area contributed by atoms with E-state index in [9.17, 15) is 9.59 Å². The lowest BCUT2D eigenvalue weighted by Crippen LogP contribution is -2.03. The van der Waals surface area contributed by atoms with Crippen molar-refractivity contribution in [1.82, 2.24) is 0 Å². The van der Waals surface area contributed by atoms with Crippen molar-refractivity contribution in [3.8, 4) is 0 Å². The van der Waals surface area contributed by atoms with Crippen LogP contribution in [0.15, 0.2) is 22.8 Å². The van der Waals surface area contributed by atoms with Gasteiger partial charge >= 0.3 is 0 Å². The molecule has 0 N–H and O–H groups in total. The van der Waals surface area contributed by atoms with Crippen molar-refractivity contribution >= 4 is 11.6 Å². The fourth-order valence-electron chi connectivity index (χ4n) is 1.31. The van der Waals surface area contributed by atoms with Crippen LogP contribution in [0.25, 0.3) is 0 Å². The van der Waals surface area contributed by atoms with Gasteiger partial charge in [0.05, 0.1) is 6.26 Å². The van der Waals surface area contributed by atoms with E-state index in [1.807, 2.05) is 6.92 Å². The van der Waals surface area contributed by atoms with Gasteiger partial charge in [-0.2, -0.15) is 0 Å². The zero-order valence-electron chi connectivity index (χ0n) is 8.99. The number of carbonyl (C=O) groups is 2. The Bertz CT molecular complexity index is 312. The first kappa shape index (κ1) is 11.7. The lowest BCUT2D eigenvalue weighted by atomic mass is 10.1. The SMILES string of the molecule is CCCCC(=O)CCC(=O)c1ccco1. The molecule has 82 valence electrons. The second-order valence-electron chi connectivity index (χ2n) is 3.54. The van der Waals surface area contributed by atoms with E-state index in [2.05, 4.69) is 0 Å². The monoisotopic (exact) mass is 208 g/mol. The van der Waals surface area contributed by atoms with Crippen molar-refractivity contribution in [2.45, 2.75) is 39.0 Å². The number of hydrogen-bond donors (Lipinski definition) is 0. The van der Waals surface area contributed by atoms with Crippen molar-refractivity contribution in [2.75, 3.05) is 0 Å². The Morgan fingerprint density at radius 3 is 2.67 bits per heavy atom. The minimum absolute atomic E-state index is 0.0927. The Balaban J connectivity index is 2.25. The van der Waals surface area contributed by atoms with Gasteiger partial charge in [0.2, 0.25) is 0 Å². The summed E-state index contributed by atoms with van der Waals surface area (Å²) >= 11 is 0. The highest BCUT2D eigenvalue weighted by Crippen LogP contribution is 2.08. The molecule has 0 radical (unpaired) electrons. The van der Waals surface area contributed by atoms with Crippen LogP contribution in [0.1, 0.15) is 49.6 Å². The molecule has 0 fully saturated rings. The molecule has 0 aliphatic carbocycles. The van der Waals surface area contributed by atoms with Crippen LogP contribution in [-0.4, -0.2) is 11.6 Å². The van der Waals surface area contributed by atoms with Crippen LogP contribution in [-0.2, 0) is 4.79 Å². The van der Waals surface area contributed by atoms with Gasteiger partial charge in [0.15, 0.2) is 11.5 Å². The Kier molecular flexibility index (Phi) is 4.81. The summed E-state index contributed by atoms with van der Waals surface area (Å²) in [5.41, 5.74) is 0. The van der Waals surface area contributed by atoms with Gasteiger partial charge < -0.3 is 4.42 Å². The minimum Gasteiger partial charge on any atom is -0.461 e. The van der Waals surface area contributed by atoms with E-state index in [0.29, 0.717) is 18.6 Å². The highest BCUT2D eigenvalue weighted by Gasteiger charge is 2.10. The van der Waals surface area contributed by atoms with Gasteiger partial charge in [0.1, 0.15) is 5.78 Å². The molecule has 3 heteroatoms. The highest BCUT2D eigenvalue weighted by molar-refractivity contribution is 5.95. The van der Waals surface area contributed by atoms with Gasteiger partial charge in [-0.25, -0.2) is 0 Å². The fourth-order valence-corrected chi connectivity index (χ4v) is 1.31. The molecule has 0 atom stereocenters. The predicted octanol–water partition coefficient (Wildman–Crippen LogP) is 3.00. The summed E-state index contributed by atoms with van der Waals surface area (Å²) in [6.07, 6.45) is 4.56. The van der Waals surface area contributed by atoms with Crippen LogP contribution in [0, 0.1) is 0 Å². The molecule has 1 heterocycles. The number of hydrogen-bond acceptors (Lipinski definition) is 3. The largest absolute Gasteiger partial charge is 0.461 e. The van der Waals surface area contributed by atoms with Gasteiger partial charge in [-0.1, -0.05) is 13.3 Å². The first-order valence-electron chi connectivity index (χ1n) is 5.32. The quantitative estimate of drug-likeness (QED) is 0.647.